The van der Waals surface area contributed by atoms with Crippen LogP contribution in [0, 0.1) is 23.7 Å². The van der Waals surface area contributed by atoms with Crippen LogP contribution in [0.4, 0.5) is 0 Å². The molecule has 0 spiro atoms. The lowest BCUT2D eigenvalue weighted by Crippen LogP contribution is -2.41. The third-order valence-corrected chi connectivity index (χ3v) is 8.12. The van der Waals surface area contributed by atoms with Gasteiger partial charge in [-0.3, -0.25) is 4.79 Å². The molecular formula is C23H31N3O4S. The first kappa shape index (κ1) is 20.9. The number of rotatable bonds is 7. The molecule has 1 amide bonds. The maximum Gasteiger partial charge on any atom is 0.251 e. The molecule has 3 aliphatic rings. The molecule has 1 N–H and O–H groups in total. The lowest BCUT2D eigenvalue weighted by atomic mass is 9.80. The van der Waals surface area contributed by atoms with Gasteiger partial charge in [-0.15, -0.1) is 0 Å². The highest BCUT2D eigenvalue weighted by molar-refractivity contribution is 7.90. The Morgan fingerprint density at radius 3 is 2.87 bits per heavy atom. The van der Waals surface area contributed by atoms with Crippen molar-refractivity contribution in [3.05, 3.63) is 30.1 Å². The van der Waals surface area contributed by atoms with E-state index in [4.69, 9.17) is 4.74 Å². The SMILES string of the molecule is CS(=O)(=O)COCCn1cnc2cc(C(=O)N[C@H]3CCC4CC5CC(C4)C3C5)ccc21. The summed E-state index contributed by atoms with van der Waals surface area (Å²) >= 11 is 0. The summed E-state index contributed by atoms with van der Waals surface area (Å²) in [6.07, 6.45) is 10.6. The van der Waals surface area contributed by atoms with E-state index in [1.807, 2.05) is 22.8 Å². The second-order valence-electron chi connectivity index (χ2n) is 9.85. The van der Waals surface area contributed by atoms with Gasteiger partial charge in [0.1, 0.15) is 5.94 Å². The van der Waals surface area contributed by atoms with Gasteiger partial charge >= 0.3 is 0 Å². The molecule has 4 unspecified atom stereocenters. The van der Waals surface area contributed by atoms with Gasteiger partial charge in [0.25, 0.3) is 5.91 Å². The zero-order chi connectivity index (χ0) is 21.6. The van der Waals surface area contributed by atoms with E-state index in [-0.39, 0.29) is 18.5 Å². The summed E-state index contributed by atoms with van der Waals surface area (Å²) in [5.74, 6) is 2.93. The number of carbonyl (C=O) groups excluding carboxylic acids is 1. The third-order valence-electron chi connectivity index (χ3n) is 7.53. The van der Waals surface area contributed by atoms with Crippen LogP contribution < -0.4 is 5.32 Å². The van der Waals surface area contributed by atoms with Crippen molar-refractivity contribution >= 4 is 26.8 Å². The average Bonchev–Trinajstić information content (AvgIpc) is 3.23. The van der Waals surface area contributed by atoms with Crippen LogP contribution in [-0.2, 0) is 21.1 Å². The van der Waals surface area contributed by atoms with E-state index in [0.717, 1.165) is 41.5 Å². The van der Waals surface area contributed by atoms with Crippen LogP contribution in [0.3, 0.4) is 0 Å². The third kappa shape index (κ3) is 4.51. The number of aromatic nitrogens is 2. The molecular weight excluding hydrogens is 414 g/mol. The Morgan fingerprint density at radius 1 is 1.19 bits per heavy atom. The van der Waals surface area contributed by atoms with Gasteiger partial charge in [0.2, 0.25) is 0 Å². The molecule has 31 heavy (non-hydrogen) atoms. The van der Waals surface area contributed by atoms with Crippen LogP contribution in [0.1, 0.15) is 48.9 Å². The number of nitrogens with one attached hydrogen (secondary N) is 1. The lowest BCUT2D eigenvalue weighted by Gasteiger charge is -2.27. The number of hydrogen-bond donors (Lipinski definition) is 1. The molecule has 3 fully saturated rings. The molecule has 1 aromatic heterocycles. The maximum atomic E-state index is 13.0. The molecule has 1 heterocycles. The smallest absolute Gasteiger partial charge is 0.251 e. The molecule has 3 saturated carbocycles. The summed E-state index contributed by atoms with van der Waals surface area (Å²) < 4.78 is 29.5. The van der Waals surface area contributed by atoms with Crippen molar-refractivity contribution in [2.75, 3.05) is 18.8 Å². The van der Waals surface area contributed by atoms with Crippen molar-refractivity contribution in [2.45, 2.75) is 51.1 Å². The fourth-order valence-corrected chi connectivity index (χ4v) is 6.70. The van der Waals surface area contributed by atoms with Gasteiger partial charge in [-0.1, -0.05) is 0 Å². The fraction of sp³-hybridized carbons (Fsp3) is 0.652. The van der Waals surface area contributed by atoms with Gasteiger partial charge in [0, 0.05) is 24.4 Å². The van der Waals surface area contributed by atoms with Gasteiger partial charge < -0.3 is 14.6 Å². The number of carbonyl (C=O) groups is 1. The fourth-order valence-electron chi connectivity index (χ4n) is 6.28. The molecule has 0 radical (unpaired) electrons. The minimum atomic E-state index is -3.14. The van der Waals surface area contributed by atoms with Gasteiger partial charge in [-0.25, -0.2) is 13.4 Å². The van der Waals surface area contributed by atoms with Gasteiger partial charge in [-0.2, -0.15) is 0 Å². The number of benzene rings is 1. The monoisotopic (exact) mass is 445 g/mol. The molecule has 3 aliphatic carbocycles. The second kappa shape index (κ2) is 8.20. The average molecular weight is 446 g/mol. The summed E-state index contributed by atoms with van der Waals surface area (Å²) in [5.41, 5.74) is 2.32. The van der Waals surface area contributed by atoms with Crippen molar-refractivity contribution in [3.8, 4) is 0 Å². The highest BCUT2D eigenvalue weighted by atomic mass is 32.2. The zero-order valence-electron chi connectivity index (χ0n) is 18.0. The molecule has 7 nitrogen and oxygen atoms in total. The van der Waals surface area contributed by atoms with E-state index in [1.54, 1.807) is 6.33 Å². The largest absolute Gasteiger partial charge is 0.364 e. The van der Waals surface area contributed by atoms with Crippen molar-refractivity contribution in [2.24, 2.45) is 23.7 Å². The minimum absolute atomic E-state index is 0.000779. The molecule has 0 saturated heterocycles. The first-order valence-corrected chi connectivity index (χ1v) is 13.4. The Hall–Kier alpha value is -1.93. The van der Waals surface area contributed by atoms with Crippen molar-refractivity contribution < 1.29 is 17.9 Å². The standard InChI is InChI=1S/C23H31N3O4S/c1-31(28,29)14-30-7-6-26-13-24-21-12-17(3-5-22(21)26)23(27)25-20-4-2-15-8-16-10-18(9-15)19(20)11-16/h3,5,12-13,15-16,18-20H,2,4,6-11,14H2,1H3,(H,25,27)/t15?,16?,18?,19?,20-/m0/s1. The summed E-state index contributed by atoms with van der Waals surface area (Å²) in [6.45, 7) is 0.790. The number of nitrogens with zero attached hydrogens (tertiary/aromatic N) is 2. The first-order chi connectivity index (χ1) is 14.9. The Balaban J connectivity index is 1.24. The van der Waals surface area contributed by atoms with Crippen LogP contribution in [-0.4, -0.2) is 48.7 Å². The Kier molecular flexibility index (Phi) is 5.54. The molecule has 5 rings (SSSR count). The normalized spacial score (nSPS) is 29.9. The predicted molar refractivity (Wildman–Crippen MR) is 118 cm³/mol. The van der Waals surface area contributed by atoms with E-state index in [9.17, 15) is 13.2 Å². The number of sulfone groups is 1. The molecule has 8 heteroatoms. The molecule has 1 aromatic carbocycles. The van der Waals surface area contributed by atoms with Gasteiger partial charge in [0.15, 0.2) is 9.84 Å². The lowest BCUT2D eigenvalue weighted by molar-refractivity contribution is 0.0913. The van der Waals surface area contributed by atoms with Crippen molar-refractivity contribution in [1.29, 1.82) is 0 Å². The number of imidazole rings is 1. The highest BCUT2D eigenvalue weighted by Gasteiger charge is 2.46. The van der Waals surface area contributed by atoms with Crippen molar-refractivity contribution in [1.82, 2.24) is 14.9 Å². The highest BCUT2D eigenvalue weighted by Crippen LogP contribution is 2.53. The zero-order valence-corrected chi connectivity index (χ0v) is 18.8. The van der Waals surface area contributed by atoms with E-state index in [1.165, 1.54) is 32.1 Å². The number of ether oxygens (including phenoxy) is 1. The molecule has 5 atom stereocenters. The summed E-state index contributed by atoms with van der Waals surface area (Å²) in [4.78, 5) is 17.5. The quantitative estimate of drug-likeness (QED) is 0.662. The Morgan fingerprint density at radius 2 is 2.03 bits per heavy atom. The van der Waals surface area contributed by atoms with E-state index in [2.05, 4.69) is 10.3 Å². The Labute approximate surface area is 183 Å². The maximum absolute atomic E-state index is 13.0. The minimum Gasteiger partial charge on any atom is -0.364 e. The molecule has 3 bridgehead atoms. The number of hydrogen-bond acceptors (Lipinski definition) is 5. The molecule has 168 valence electrons. The summed E-state index contributed by atoms with van der Waals surface area (Å²) in [7, 11) is -3.14. The molecule has 0 aliphatic heterocycles. The first-order valence-electron chi connectivity index (χ1n) is 11.4. The van der Waals surface area contributed by atoms with Crippen LogP contribution >= 0.6 is 0 Å². The van der Waals surface area contributed by atoms with Crippen LogP contribution in [0.5, 0.6) is 0 Å². The summed E-state index contributed by atoms with van der Waals surface area (Å²) in [6, 6.07) is 5.91. The predicted octanol–water partition coefficient (Wildman–Crippen LogP) is 3.00. The van der Waals surface area contributed by atoms with E-state index < -0.39 is 9.84 Å². The summed E-state index contributed by atoms with van der Waals surface area (Å²) in [5, 5.41) is 3.36. The van der Waals surface area contributed by atoms with E-state index in [0.29, 0.717) is 24.1 Å². The topological polar surface area (TPSA) is 90.3 Å². The second-order valence-corrected chi connectivity index (χ2v) is 11.9. The number of fused-ring (bicyclic) bond motifs is 3. The Bertz CT molecular complexity index is 1080. The van der Waals surface area contributed by atoms with Crippen LogP contribution in [0.2, 0.25) is 0 Å². The van der Waals surface area contributed by atoms with Crippen LogP contribution in [0.15, 0.2) is 24.5 Å². The van der Waals surface area contributed by atoms with E-state index >= 15 is 0 Å². The number of amides is 1. The van der Waals surface area contributed by atoms with Crippen molar-refractivity contribution in [3.63, 3.8) is 0 Å². The van der Waals surface area contributed by atoms with Gasteiger partial charge in [-0.05, 0) is 80.4 Å². The van der Waals surface area contributed by atoms with Crippen LogP contribution in [0.25, 0.3) is 11.0 Å². The molecule has 2 aromatic rings. The van der Waals surface area contributed by atoms with Gasteiger partial charge in [0.05, 0.1) is 24.0 Å².